The van der Waals surface area contributed by atoms with Gasteiger partial charge < -0.3 is 10.6 Å². The average Bonchev–Trinajstić information content (AvgIpc) is 2.40. The quantitative estimate of drug-likeness (QED) is 0.884. The first-order chi connectivity index (χ1) is 8.66. The summed E-state index contributed by atoms with van der Waals surface area (Å²) in [6, 6.07) is 10.2. The van der Waals surface area contributed by atoms with E-state index in [2.05, 4.69) is 24.3 Å². The Kier molecular flexibility index (Phi) is 4.37. The first-order valence-electron chi connectivity index (χ1n) is 6.75. The van der Waals surface area contributed by atoms with Gasteiger partial charge in [0.05, 0.1) is 6.04 Å². The topological polar surface area (TPSA) is 46.3 Å². The largest absolute Gasteiger partial charge is 0.341 e. The summed E-state index contributed by atoms with van der Waals surface area (Å²) in [4.78, 5) is 13.7. The van der Waals surface area contributed by atoms with Crippen LogP contribution in [0.1, 0.15) is 25.3 Å². The van der Waals surface area contributed by atoms with Crippen LogP contribution in [0.3, 0.4) is 0 Å². The van der Waals surface area contributed by atoms with Crippen molar-refractivity contribution in [3.8, 4) is 0 Å². The van der Waals surface area contributed by atoms with E-state index in [0.29, 0.717) is 5.92 Å². The lowest BCUT2D eigenvalue weighted by atomic mass is 9.90. The van der Waals surface area contributed by atoms with Gasteiger partial charge in [-0.1, -0.05) is 30.3 Å². The second kappa shape index (κ2) is 6.01. The maximum atomic E-state index is 11.8. The molecule has 2 rings (SSSR count). The third-order valence-corrected chi connectivity index (χ3v) is 3.68. The first kappa shape index (κ1) is 13.1. The van der Waals surface area contributed by atoms with Crippen LogP contribution in [0.5, 0.6) is 0 Å². The van der Waals surface area contributed by atoms with Crippen LogP contribution in [0.15, 0.2) is 30.3 Å². The molecule has 3 nitrogen and oxygen atoms in total. The third kappa shape index (κ3) is 3.33. The molecular formula is C15H22N2O. The third-order valence-electron chi connectivity index (χ3n) is 3.68. The highest BCUT2D eigenvalue weighted by atomic mass is 16.2. The van der Waals surface area contributed by atoms with E-state index in [1.165, 1.54) is 5.56 Å². The first-order valence-corrected chi connectivity index (χ1v) is 6.75. The van der Waals surface area contributed by atoms with Crippen LogP contribution in [0.4, 0.5) is 0 Å². The summed E-state index contributed by atoms with van der Waals surface area (Å²) in [6.07, 6.45) is 3.31. The molecule has 1 saturated heterocycles. The normalized spacial score (nSPS) is 18.7. The van der Waals surface area contributed by atoms with Gasteiger partial charge in [-0.3, -0.25) is 4.79 Å². The minimum Gasteiger partial charge on any atom is -0.341 e. The number of benzene rings is 1. The Morgan fingerprint density at radius 3 is 2.50 bits per heavy atom. The molecule has 1 aliphatic rings. The molecule has 1 amide bonds. The molecule has 18 heavy (non-hydrogen) atoms. The number of carbonyl (C=O) groups is 1. The van der Waals surface area contributed by atoms with Gasteiger partial charge in [-0.25, -0.2) is 0 Å². The molecule has 1 aromatic carbocycles. The summed E-state index contributed by atoms with van der Waals surface area (Å²) in [7, 11) is 0. The second-order valence-corrected chi connectivity index (χ2v) is 5.25. The van der Waals surface area contributed by atoms with Gasteiger partial charge in [0.2, 0.25) is 5.91 Å². The van der Waals surface area contributed by atoms with Crippen molar-refractivity contribution in [2.45, 2.75) is 32.2 Å². The lowest BCUT2D eigenvalue weighted by molar-refractivity contribution is -0.133. The van der Waals surface area contributed by atoms with Crippen molar-refractivity contribution >= 4 is 5.91 Å². The minimum absolute atomic E-state index is 0.0909. The van der Waals surface area contributed by atoms with Crippen molar-refractivity contribution in [2.24, 2.45) is 11.7 Å². The molecule has 1 atom stereocenters. The highest BCUT2D eigenvalue weighted by molar-refractivity contribution is 5.81. The van der Waals surface area contributed by atoms with E-state index in [9.17, 15) is 4.79 Å². The van der Waals surface area contributed by atoms with Crippen molar-refractivity contribution in [3.05, 3.63) is 35.9 Å². The maximum Gasteiger partial charge on any atom is 0.239 e. The van der Waals surface area contributed by atoms with Crippen molar-refractivity contribution in [1.82, 2.24) is 4.90 Å². The Hall–Kier alpha value is -1.35. The molecule has 3 heteroatoms. The molecule has 1 heterocycles. The minimum atomic E-state index is -0.365. The molecule has 1 aromatic rings. The van der Waals surface area contributed by atoms with Crippen LogP contribution >= 0.6 is 0 Å². The van der Waals surface area contributed by atoms with Crippen molar-refractivity contribution in [2.75, 3.05) is 13.1 Å². The van der Waals surface area contributed by atoms with E-state index in [0.717, 1.165) is 32.4 Å². The van der Waals surface area contributed by atoms with Crippen molar-refractivity contribution < 1.29 is 4.79 Å². The standard InChI is InChI=1S/C15H22N2O/c1-12(16)15(18)17-9-7-14(8-10-17)11-13-5-3-2-4-6-13/h2-6,12,14H,7-11,16H2,1H3/t12-/m0/s1. The summed E-state index contributed by atoms with van der Waals surface area (Å²) in [6.45, 7) is 3.48. The van der Waals surface area contributed by atoms with Gasteiger partial charge in [-0.15, -0.1) is 0 Å². The van der Waals surface area contributed by atoms with Crippen LogP contribution in [0, 0.1) is 5.92 Å². The molecule has 1 aliphatic heterocycles. The highest BCUT2D eigenvalue weighted by Gasteiger charge is 2.24. The van der Waals surface area contributed by atoms with Crippen molar-refractivity contribution in [3.63, 3.8) is 0 Å². The number of amides is 1. The van der Waals surface area contributed by atoms with Crippen LogP contribution < -0.4 is 5.73 Å². The molecule has 1 fully saturated rings. The number of hydrogen-bond acceptors (Lipinski definition) is 2. The fourth-order valence-electron chi connectivity index (χ4n) is 2.59. The van der Waals surface area contributed by atoms with E-state index >= 15 is 0 Å². The number of hydrogen-bond donors (Lipinski definition) is 1. The summed E-state index contributed by atoms with van der Waals surface area (Å²) < 4.78 is 0. The van der Waals surface area contributed by atoms with Gasteiger partial charge in [0.15, 0.2) is 0 Å². The lowest BCUT2D eigenvalue weighted by Gasteiger charge is -2.33. The fourth-order valence-corrected chi connectivity index (χ4v) is 2.59. The van der Waals surface area contributed by atoms with Crippen LogP contribution in [-0.4, -0.2) is 29.9 Å². The Bertz CT molecular complexity index is 381. The van der Waals surface area contributed by atoms with Crippen LogP contribution in [-0.2, 0) is 11.2 Å². The van der Waals surface area contributed by atoms with Gasteiger partial charge in [-0.05, 0) is 37.7 Å². The summed E-state index contributed by atoms with van der Waals surface area (Å²) >= 11 is 0. The monoisotopic (exact) mass is 246 g/mol. The van der Waals surface area contributed by atoms with Gasteiger partial charge in [-0.2, -0.15) is 0 Å². The SMILES string of the molecule is C[C@H](N)C(=O)N1CCC(Cc2ccccc2)CC1. The number of piperidine rings is 1. The Balaban J connectivity index is 1.82. The highest BCUT2D eigenvalue weighted by Crippen LogP contribution is 2.21. The number of nitrogens with two attached hydrogens (primary N) is 1. The Morgan fingerprint density at radius 1 is 1.33 bits per heavy atom. The molecule has 0 saturated carbocycles. The molecule has 0 spiro atoms. The molecule has 0 aliphatic carbocycles. The van der Waals surface area contributed by atoms with Gasteiger partial charge in [0.1, 0.15) is 0 Å². The number of likely N-dealkylation sites (tertiary alicyclic amines) is 1. The molecule has 0 bridgehead atoms. The predicted octanol–water partition coefficient (Wildman–Crippen LogP) is 1.81. The predicted molar refractivity (Wildman–Crippen MR) is 73.1 cm³/mol. The Morgan fingerprint density at radius 2 is 1.94 bits per heavy atom. The summed E-state index contributed by atoms with van der Waals surface area (Å²) in [5, 5.41) is 0. The van der Waals surface area contributed by atoms with E-state index in [1.54, 1.807) is 6.92 Å². The summed E-state index contributed by atoms with van der Waals surface area (Å²) in [5.41, 5.74) is 7.03. The summed E-state index contributed by atoms with van der Waals surface area (Å²) in [5.74, 6) is 0.790. The van der Waals surface area contributed by atoms with E-state index in [4.69, 9.17) is 5.73 Å². The van der Waals surface area contributed by atoms with E-state index < -0.39 is 0 Å². The smallest absolute Gasteiger partial charge is 0.239 e. The number of carbonyl (C=O) groups excluding carboxylic acids is 1. The van der Waals surface area contributed by atoms with Gasteiger partial charge in [0, 0.05) is 13.1 Å². The van der Waals surface area contributed by atoms with E-state index in [-0.39, 0.29) is 11.9 Å². The molecule has 0 radical (unpaired) electrons. The molecule has 0 unspecified atom stereocenters. The van der Waals surface area contributed by atoms with Gasteiger partial charge >= 0.3 is 0 Å². The fraction of sp³-hybridized carbons (Fsp3) is 0.533. The average molecular weight is 246 g/mol. The number of rotatable bonds is 3. The Labute approximate surface area is 109 Å². The lowest BCUT2D eigenvalue weighted by Crippen LogP contribution is -2.46. The number of nitrogens with zero attached hydrogens (tertiary/aromatic N) is 1. The zero-order valence-electron chi connectivity index (χ0n) is 11.0. The zero-order valence-corrected chi connectivity index (χ0v) is 11.0. The van der Waals surface area contributed by atoms with E-state index in [1.807, 2.05) is 11.0 Å². The van der Waals surface area contributed by atoms with Crippen LogP contribution in [0.25, 0.3) is 0 Å². The van der Waals surface area contributed by atoms with Gasteiger partial charge in [0.25, 0.3) is 0 Å². The molecule has 98 valence electrons. The zero-order chi connectivity index (χ0) is 13.0. The molecular weight excluding hydrogens is 224 g/mol. The maximum absolute atomic E-state index is 11.8. The van der Waals surface area contributed by atoms with Crippen LogP contribution in [0.2, 0.25) is 0 Å². The second-order valence-electron chi connectivity index (χ2n) is 5.25. The molecule has 2 N–H and O–H groups in total. The molecule has 0 aromatic heterocycles. The van der Waals surface area contributed by atoms with Crippen molar-refractivity contribution in [1.29, 1.82) is 0 Å².